The molecule has 0 unspecified atom stereocenters. The molecular weight excluding hydrogens is 334 g/mol. The fourth-order valence-electron chi connectivity index (χ4n) is 3.26. The maximum absolute atomic E-state index is 12.1. The van der Waals surface area contributed by atoms with Crippen LogP contribution in [0.15, 0.2) is 24.3 Å². The summed E-state index contributed by atoms with van der Waals surface area (Å²) in [6, 6.07) is 8.12. The van der Waals surface area contributed by atoms with Crippen LogP contribution < -0.4 is 15.4 Å². The van der Waals surface area contributed by atoms with Crippen LogP contribution in [0.25, 0.3) is 0 Å². The summed E-state index contributed by atoms with van der Waals surface area (Å²) in [4.78, 5) is 14.3. The van der Waals surface area contributed by atoms with E-state index in [2.05, 4.69) is 36.3 Å². The molecule has 5 nitrogen and oxygen atoms in total. The molecule has 25 heavy (non-hydrogen) atoms. The van der Waals surface area contributed by atoms with E-state index in [1.54, 1.807) is 7.11 Å². The van der Waals surface area contributed by atoms with Crippen molar-refractivity contribution >= 4 is 23.2 Å². The highest BCUT2D eigenvalue weighted by Gasteiger charge is 2.32. The first-order valence-corrected chi connectivity index (χ1v) is 9.20. The average molecular weight is 364 g/mol. The molecule has 1 aliphatic rings. The van der Waals surface area contributed by atoms with Crippen molar-refractivity contribution in [2.45, 2.75) is 58.2 Å². The Hall–Kier alpha value is -1.82. The summed E-state index contributed by atoms with van der Waals surface area (Å²) in [7, 11) is 1.64. The predicted octanol–water partition coefficient (Wildman–Crippen LogP) is 2.84. The summed E-state index contributed by atoms with van der Waals surface area (Å²) < 4.78 is 5.19. The summed E-state index contributed by atoms with van der Waals surface area (Å²) in [5.74, 6) is 0.862. The van der Waals surface area contributed by atoms with Crippen molar-refractivity contribution in [1.29, 1.82) is 0 Å². The Kier molecular flexibility index (Phi) is 6.64. The molecule has 0 spiro atoms. The third-order valence-electron chi connectivity index (χ3n) is 4.47. The van der Waals surface area contributed by atoms with E-state index in [1.807, 2.05) is 24.3 Å². The number of carbonyl (C=O) groups is 1. The Morgan fingerprint density at radius 1 is 1.48 bits per heavy atom. The van der Waals surface area contributed by atoms with E-state index in [0.717, 1.165) is 35.8 Å². The average Bonchev–Trinajstić information content (AvgIpc) is 2.54. The SMILES string of the molecule is COc1cccc(CNC(=O)CCCN2C(=S)NC(C)(C)C[C@@H]2C)c1. The second-order valence-electron chi connectivity index (χ2n) is 7.29. The largest absolute Gasteiger partial charge is 0.497 e. The first kappa shape index (κ1) is 19.5. The Balaban J connectivity index is 1.72. The summed E-state index contributed by atoms with van der Waals surface area (Å²) in [6.07, 6.45) is 2.32. The molecule has 0 aliphatic carbocycles. The van der Waals surface area contributed by atoms with E-state index in [1.165, 1.54) is 0 Å². The fourth-order valence-corrected chi connectivity index (χ4v) is 3.81. The first-order chi connectivity index (χ1) is 11.8. The number of nitrogens with zero attached hydrogens (tertiary/aromatic N) is 1. The van der Waals surface area contributed by atoms with Gasteiger partial charge in [0.15, 0.2) is 5.11 Å². The summed E-state index contributed by atoms with van der Waals surface area (Å²) in [5, 5.41) is 7.13. The third-order valence-corrected chi connectivity index (χ3v) is 4.81. The monoisotopic (exact) mass is 363 g/mol. The van der Waals surface area contributed by atoms with Gasteiger partial charge in [-0.3, -0.25) is 4.79 Å². The fraction of sp³-hybridized carbons (Fsp3) is 0.579. The van der Waals surface area contributed by atoms with E-state index < -0.39 is 0 Å². The van der Waals surface area contributed by atoms with Gasteiger partial charge >= 0.3 is 0 Å². The molecule has 1 fully saturated rings. The maximum atomic E-state index is 12.1. The van der Waals surface area contributed by atoms with Crippen LogP contribution in [0.3, 0.4) is 0 Å². The van der Waals surface area contributed by atoms with E-state index in [0.29, 0.717) is 19.0 Å². The zero-order valence-electron chi connectivity index (χ0n) is 15.6. The van der Waals surface area contributed by atoms with Gasteiger partial charge in [0.1, 0.15) is 5.75 Å². The van der Waals surface area contributed by atoms with Gasteiger partial charge in [-0.1, -0.05) is 12.1 Å². The Morgan fingerprint density at radius 3 is 2.92 bits per heavy atom. The summed E-state index contributed by atoms with van der Waals surface area (Å²) in [6.45, 7) is 7.84. The van der Waals surface area contributed by atoms with E-state index in [4.69, 9.17) is 17.0 Å². The molecule has 2 rings (SSSR count). The number of carbonyl (C=O) groups excluding carboxylic acids is 1. The van der Waals surface area contributed by atoms with Crippen molar-refractivity contribution in [3.63, 3.8) is 0 Å². The van der Waals surface area contributed by atoms with Crippen LogP contribution in [-0.4, -0.2) is 41.2 Å². The lowest BCUT2D eigenvalue weighted by Gasteiger charge is -2.44. The van der Waals surface area contributed by atoms with Crippen molar-refractivity contribution in [3.05, 3.63) is 29.8 Å². The molecule has 0 saturated carbocycles. The number of methoxy groups -OCH3 is 1. The first-order valence-electron chi connectivity index (χ1n) is 8.79. The van der Waals surface area contributed by atoms with Gasteiger partial charge in [0, 0.05) is 31.1 Å². The van der Waals surface area contributed by atoms with Crippen LogP contribution in [0.5, 0.6) is 5.75 Å². The molecule has 0 bridgehead atoms. The number of nitrogens with one attached hydrogen (secondary N) is 2. The minimum absolute atomic E-state index is 0.0428. The second-order valence-corrected chi connectivity index (χ2v) is 7.68. The third kappa shape index (κ3) is 5.88. The number of thiocarbonyl (C=S) groups is 1. The van der Waals surface area contributed by atoms with Gasteiger partial charge in [0.05, 0.1) is 7.11 Å². The van der Waals surface area contributed by atoms with Gasteiger partial charge in [0.25, 0.3) is 0 Å². The number of hydrogen-bond donors (Lipinski definition) is 2. The molecule has 1 saturated heterocycles. The van der Waals surface area contributed by atoms with Crippen molar-refractivity contribution in [1.82, 2.24) is 15.5 Å². The number of benzene rings is 1. The van der Waals surface area contributed by atoms with Gasteiger partial charge in [-0.2, -0.15) is 0 Å². The number of ether oxygens (including phenoxy) is 1. The topological polar surface area (TPSA) is 53.6 Å². The minimum atomic E-state index is 0.0428. The molecule has 2 N–H and O–H groups in total. The lowest BCUT2D eigenvalue weighted by Crippen LogP contribution is -2.60. The summed E-state index contributed by atoms with van der Waals surface area (Å²) >= 11 is 5.47. The quantitative estimate of drug-likeness (QED) is 0.730. The zero-order valence-corrected chi connectivity index (χ0v) is 16.4. The highest BCUT2D eigenvalue weighted by Crippen LogP contribution is 2.22. The van der Waals surface area contributed by atoms with Gasteiger partial charge in [-0.15, -0.1) is 0 Å². The zero-order chi connectivity index (χ0) is 18.4. The van der Waals surface area contributed by atoms with E-state index in [-0.39, 0.29) is 11.4 Å². The Labute approximate surface area is 156 Å². The molecule has 1 heterocycles. The predicted molar refractivity (Wildman–Crippen MR) is 105 cm³/mol. The molecule has 0 aromatic heterocycles. The molecule has 1 aromatic rings. The highest BCUT2D eigenvalue weighted by molar-refractivity contribution is 7.80. The van der Waals surface area contributed by atoms with E-state index >= 15 is 0 Å². The molecule has 1 atom stereocenters. The summed E-state index contributed by atoms with van der Waals surface area (Å²) in [5.41, 5.74) is 1.08. The Morgan fingerprint density at radius 2 is 2.24 bits per heavy atom. The van der Waals surface area contributed by atoms with Crippen molar-refractivity contribution < 1.29 is 9.53 Å². The normalized spacial score (nSPS) is 19.3. The lowest BCUT2D eigenvalue weighted by atomic mass is 9.93. The van der Waals surface area contributed by atoms with Crippen LogP contribution in [0.4, 0.5) is 0 Å². The molecule has 0 radical (unpaired) electrons. The molecule has 138 valence electrons. The van der Waals surface area contributed by atoms with Crippen LogP contribution in [-0.2, 0) is 11.3 Å². The van der Waals surface area contributed by atoms with Gasteiger partial charge in [0.2, 0.25) is 5.91 Å². The van der Waals surface area contributed by atoms with Gasteiger partial charge < -0.3 is 20.3 Å². The molecule has 1 aromatic carbocycles. The van der Waals surface area contributed by atoms with Crippen LogP contribution in [0.2, 0.25) is 0 Å². The van der Waals surface area contributed by atoms with E-state index in [9.17, 15) is 4.79 Å². The highest BCUT2D eigenvalue weighted by atomic mass is 32.1. The number of amides is 1. The van der Waals surface area contributed by atoms with Crippen LogP contribution in [0.1, 0.15) is 45.6 Å². The molecular formula is C19H29N3O2S. The lowest BCUT2D eigenvalue weighted by molar-refractivity contribution is -0.121. The number of hydrogen-bond acceptors (Lipinski definition) is 3. The second kappa shape index (κ2) is 8.52. The minimum Gasteiger partial charge on any atom is -0.497 e. The Bertz CT molecular complexity index is 618. The number of rotatable bonds is 7. The molecule has 1 aliphatic heterocycles. The van der Waals surface area contributed by atoms with Crippen molar-refractivity contribution in [3.8, 4) is 5.75 Å². The van der Waals surface area contributed by atoms with Crippen LogP contribution >= 0.6 is 12.2 Å². The van der Waals surface area contributed by atoms with Crippen molar-refractivity contribution in [2.24, 2.45) is 0 Å². The maximum Gasteiger partial charge on any atom is 0.220 e. The molecule has 6 heteroatoms. The van der Waals surface area contributed by atoms with Crippen LogP contribution in [0, 0.1) is 0 Å². The smallest absolute Gasteiger partial charge is 0.220 e. The van der Waals surface area contributed by atoms with Gasteiger partial charge in [-0.05, 0) is 63.5 Å². The van der Waals surface area contributed by atoms with Crippen molar-refractivity contribution in [2.75, 3.05) is 13.7 Å². The standard InChI is InChI=1S/C19H29N3O2S/c1-14-12-19(2,3)21-18(25)22(14)10-6-9-17(23)20-13-15-7-5-8-16(11-15)24-4/h5,7-8,11,14H,6,9-10,12-13H2,1-4H3,(H,20,23)(H,21,25)/t14-/m0/s1. The van der Waals surface area contributed by atoms with Gasteiger partial charge in [-0.25, -0.2) is 0 Å². The molecule has 1 amide bonds.